The molecule has 0 heterocycles. The van der Waals surface area contributed by atoms with Crippen LogP contribution in [0.3, 0.4) is 0 Å². The minimum atomic E-state index is 0.116. The van der Waals surface area contributed by atoms with Crippen molar-refractivity contribution in [3.8, 4) is 0 Å². The van der Waals surface area contributed by atoms with Crippen molar-refractivity contribution < 1.29 is 4.74 Å². The Kier molecular flexibility index (Phi) is 4.74. The molecular weight excluding hydrogens is 220 g/mol. The molecule has 2 rings (SSSR count). The first-order valence-corrected chi connectivity index (χ1v) is 6.23. The van der Waals surface area contributed by atoms with Gasteiger partial charge in [0.1, 0.15) is 0 Å². The first-order valence-electron chi connectivity index (χ1n) is 6.23. The van der Waals surface area contributed by atoms with Crippen LogP contribution in [0.2, 0.25) is 0 Å². The number of hydrogen-bond donors (Lipinski definition) is 0. The van der Waals surface area contributed by atoms with E-state index < -0.39 is 0 Å². The van der Waals surface area contributed by atoms with Crippen molar-refractivity contribution in [2.75, 3.05) is 0 Å². The lowest BCUT2D eigenvalue weighted by molar-refractivity contribution is 0.0846. The first-order chi connectivity index (χ1) is 8.84. The zero-order valence-corrected chi connectivity index (χ0v) is 10.6. The number of benzene rings is 2. The summed E-state index contributed by atoms with van der Waals surface area (Å²) in [6.07, 6.45) is 4.29. The van der Waals surface area contributed by atoms with Gasteiger partial charge in [-0.25, -0.2) is 0 Å². The van der Waals surface area contributed by atoms with Crippen molar-refractivity contribution >= 4 is 6.08 Å². The molecule has 0 saturated carbocycles. The molecule has 18 heavy (non-hydrogen) atoms. The van der Waals surface area contributed by atoms with E-state index in [0.29, 0.717) is 6.61 Å². The van der Waals surface area contributed by atoms with Gasteiger partial charge in [0.2, 0.25) is 0 Å². The van der Waals surface area contributed by atoms with Gasteiger partial charge in [-0.1, -0.05) is 72.8 Å². The van der Waals surface area contributed by atoms with Gasteiger partial charge >= 0.3 is 0 Å². The van der Waals surface area contributed by atoms with Crippen LogP contribution in [0.25, 0.3) is 6.08 Å². The van der Waals surface area contributed by atoms with Crippen molar-refractivity contribution in [2.45, 2.75) is 19.6 Å². The second-order valence-corrected chi connectivity index (χ2v) is 4.27. The zero-order chi connectivity index (χ0) is 12.6. The number of ether oxygens (including phenoxy) is 1. The zero-order valence-electron chi connectivity index (χ0n) is 10.6. The van der Waals surface area contributed by atoms with E-state index in [4.69, 9.17) is 4.74 Å². The molecule has 2 aromatic carbocycles. The lowest BCUT2D eigenvalue weighted by atomic mass is 10.2. The highest BCUT2D eigenvalue weighted by molar-refractivity contribution is 5.49. The Morgan fingerprint density at radius 2 is 1.56 bits per heavy atom. The highest BCUT2D eigenvalue weighted by atomic mass is 16.5. The van der Waals surface area contributed by atoms with Crippen molar-refractivity contribution in [1.82, 2.24) is 0 Å². The first kappa shape index (κ1) is 12.6. The Morgan fingerprint density at radius 3 is 2.22 bits per heavy atom. The molecule has 0 fully saturated rings. The summed E-state index contributed by atoms with van der Waals surface area (Å²) < 4.78 is 5.76. The van der Waals surface area contributed by atoms with Gasteiger partial charge in [-0.3, -0.25) is 0 Å². The normalized spacial score (nSPS) is 12.7. The van der Waals surface area contributed by atoms with Crippen LogP contribution in [0, 0.1) is 0 Å². The molecule has 0 aliphatic carbocycles. The maximum Gasteiger partial charge on any atom is 0.0735 e. The molecular formula is C17H18O. The van der Waals surface area contributed by atoms with E-state index in [-0.39, 0.29) is 6.10 Å². The molecule has 2 aromatic rings. The minimum absolute atomic E-state index is 0.116. The summed E-state index contributed by atoms with van der Waals surface area (Å²) in [5, 5.41) is 0. The van der Waals surface area contributed by atoms with Gasteiger partial charge in [0.15, 0.2) is 0 Å². The van der Waals surface area contributed by atoms with E-state index in [1.165, 1.54) is 11.1 Å². The van der Waals surface area contributed by atoms with E-state index in [9.17, 15) is 0 Å². The Hall–Kier alpha value is -1.86. The second kappa shape index (κ2) is 6.77. The Labute approximate surface area is 109 Å². The van der Waals surface area contributed by atoms with Crippen LogP contribution in [0.4, 0.5) is 0 Å². The molecule has 0 bridgehead atoms. The Morgan fingerprint density at radius 1 is 0.944 bits per heavy atom. The molecule has 0 N–H and O–H groups in total. The van der Waals surface area contributed by atoms with Crippen molar-refractivity contribution in [1.29, 1.82) is 0 Å². The lowest BCUT2D eigenvalue weighted by Crippen LogP contribution is -2.04. The fourth-order valence-corrected chi connectivity index (χ4v) is 1.67. The molecule has 0 aromatic heterocycles. The molecule has 0 aliphatic rings. The van der Waals surface area contributed by atoms with Crippen LogP contribution in [-0.2, 0) is 11.3 Å². The SMILES string of the molecule is C[C@@H](/C=C/c1ccccc1)OCc1ccccc1. The smallest absolute Gasteiger partial charge is 0.0735 e. The number of hydrogen-bond acceptors (Lipinski definition) is 1. The highest BCUT2D eigenvalue weighted by Crippen LogP contribution is 2.06. The van der Waals surface area contributed by atoms with Gasteiger partial charge in [0.25, 0.3) is 0 Å². The summed E-state index contributed by atoms with van der Waals surface area (Å²) in [5.41, 5.74) is 2.41. The van der Waals surface area contributed by atoms with Crippen LogP contribution >= 0.6 is 0 Å². The predicted molar refractivity (Wildman–Crippen MR) is 76.2 cm³/mol. The van der Waals surface area contributed by atoms with Crippen LogP contribution in [0.15, 0.2) is 66.7 Å². The summed E-state index contributed by atoms with van der Waals surface area (Å²) in [6, 6.07) is 20.5. The van der Waals surface area contributed by atoms with E-state index in [1.54, 1.807) is 0 Å². The third kappa shape index (κ3) is 4.19. The second-order valence-electron chi connectivity index (χ2n) is 4.27. The molecule has 92 valence electrons. The maximum absolute atomic E-state index is 5.76. The molecule has 0 saturated heterocycles. The Balaban J connectivity index is 1.82. The summed E-state index contributed by atoms with van der Waals surface area (Å²) >= 11 is 0. The topological polar surface area (TPSA) is 9.23 Å². The van der Waals surface area contributed by atoms with E-state index in [1.807, 2.05) is 36.4 Å². The number of rotatable bonds is 5. The molecule has 1 nitrogen and oxygen atoms in total. The van der Waals surface area contributed by atoms with E-state index in [2.05, 4.69) is 43.3 Å². The van der Waals surface area contributed by atoms with Crippen molar-refractivity contribution in [3.63, 3.8) is 0 Å². The molecule has 0 spiro atoms. The van der Waals surface area contributed by atoms with Gasteiger partial charge in [-0.05, 0) is 18.1 Å². The van der Waals surface area contributed by atoms with Crippen molar-refractivity contribution in [2.24, 2.45) is 0 Å². The average molecular weight is 238 g/mol. The van der Waals surface area contributed by atoms with Gasteiger partial charge in [0, 0.05) is 0 Å². The fraction of sp³-hybridized carbons (Fsp3) is 0.176. The fourth-order valence-electron chi connectivity index (χ4n) is 1.67. The summed E-state index contributed by atoms with van der Waals surface area (Å²) in [6.45, 7) is 2.71. The van der Waals surface area contributed by atoms with Gasteiger partial charge in [-0.2, -0.15) is 0 Å². The summed E-state index contributed by atoms with van der Waals surface area (Å²) in [4.78, 5) is 0. The summed E-state index contributed by atoms with van der Waals surface area (Å²) in [7, 11) is 0. The summed E-state index contributed by atoms with van der Waals surface area (Å²) in [5.74, 6) is 0. The lowest BCUT2D eigenvalue weighted by Gasteiger charge is -2.08. The Bertz CT molecular complexity index is 473. The molecule has 1 atom stereocenters. The van der Waals surface area contributed by atoms with Gasteiger partial charge in [-0.15, -0.1) is 0 Å². The average Bonchev–Trinajstić information content (AvgIpc) is 2.45. The monoisotopic (exact) mass is 238 g/mol. The van der Waals surface area contributed by atoms with E-state index >= 15 is 0 Å². The quantitative estimate of drug-likeness (QED) is 0.754. The van der Waals surface area contributed by atoms with Crippen LogP contribution in [-0.4, -0.2) is 6.10 Å². The minimum Gasteiger partial charge on any atom is -0.370 e. The molecule has 0 unspecified atom stereocenters. The van der Waals surface area contributed by atoms with Gasteiger partial charge in [0.05, 0.1) is 12.7 Å². The van der Waals surface area contributed by atoms with Crippen molar-refractivity contribution in [3.05, 3.63) is 77.9 Å². The standard InChI is InChI=1S/C17H18O/c1-15(12-13-16-8-4-2-5-9-16)18-14-17-10-6-3-7-11-17/h2-13,15H,14H2,1H3/b13-12+/t15-/m0/s1. The van der Waals surface area contributed by atoms with Crippen LogP contribution in [0.5, 0.6) is 0 Å². The molecule has 0 radical (unpaired) electrons. The molecule has 1 heteroatoms. The maximum atomic E-state index is 5.76. The van der Waals surface area contributed by atoms with Gasteiger partial charge < -0.3 is 4.74 Å². The third-order valence-electron chi connectivity index (χ3n) is 2.71. The highest BCUT2D eigenvalue weighted by Gasteiger charge is 1.97. The third-order valence-corrected chi connectivity index (χ3v) is 2.71. The van der Waals surface area contributed by atoms with Crippen LogP contribution in [0.1, 0.15) is 18.1 Å². The van der Waals surface area contributed by atoms with E-state index in [0.717, 1.165) is 0 Å². The largest absolute Gasteiger partial charge is 0.370 e. The molecule has 0 amide bonds. The predicted octanol–water partition coefficient (Wildman–Crippen LogP) is 4.31. The molecule has 0 aliphatic heterocycles. The van der Waals surface area contributed by atoms with Crippen LogP contribution < -0.4 is 0 Å².